The summed E-state index contributed by atoms with van der Waals surface area (Å²) in [6, 6.07) is 9.49. The third-order valence-corrected chi connectivity index (χ3v) is 5.63. The number of hydrogen-bond acceptors (Lipinski definition) is 3. The van der Waals surface area contributed by atoms with Gasteiger partial charge in [-0.25, -0.2) is 0 Å². The van der Waals surface area contributed by atoms with Crippen molar-refractivity contribution in [2.45, 2.75) is 33.4 Å². The smallest absolute Gasteiger partial charge is 0.280 e. The third kappa shape index (κ3) is 5.41. The monoisotopic (exact) mass is 374 g/mol. The maximum absolute atomic E-state index is 12.7. The summed E-state index contributed by atoms with van der Waals surface area (Å²) in [6.45, 7) is 6.85. The van der Waals surface area contributed by atoms with E-state index >= 15 is 0 Å². The zero-order valence-electron chi connectivity index (χ0n) is 16.1. The molecule has 0 aliphatic heterocycles. The van der Waals surface area contributed by atoms with Crippen molar-refractivity contribution in [3.63, 3.8) is 0 Å². The van der Waals surface area contributed by atoms with Crippen molar-refractivity contribution in [1.29, 1.82) is 0 Å². The van der Waals surface area contributed by atoms with Crippen molar-refractivity contribution < 1.29 is 14.5 Å². The van der Waals surface area contributed by atoms with Crippen molar-refractivity contribution >= 4 is 28.8 Å². The van der Waals surface area contributed by atoms with Gasteiger partial charge in [0.25, 0.3) is 5.91 Å². The lowest BCUT2D eigenvalue weighted by atomic mass is 10.2. The molecular formula is C20H28N3O2S+. The quantitative estimate of drug-likeness (QED) is 0.777. The molecule has 2 amide bonds. The highest BCUT2D eigenvalue weighted by molar-refractivity contribution is 7.10. The Kier molecular flexibility index (Phi) is 6.94. The van der Waals surface area contributed by atoms with Crippen molar-refractivity contribution in [2.24, 2.45) is 0 Å². The second-order valence-corrected chi connectivity index (χ2v) is 7.88. The molecule has 0 aliphatic rings. The number of thiophene rings is 1. The predicted octanol–water partition coefficient (Wildman–Crippen LogP) is 1.87. The number of rotatable bonds is 7. The zero-order valence-corrected chi connectivity index (χ0v) is 16.9. The fraction of sp³-hybridized carbons (Fsp3) is 0.400. The lowest BCUT2D eigenvalue weighted by Gasteiger charge is -2.25. The lowest BCUT2D eigenvalue weighted by molar-refractivity contribution is -0.908. The summed E-state index contributed by atoms with van der Waals surface area (Å²) >= 11 is 1.72. The Hall–Kier alpha value is -2.18. The van der Waals surface area contributed by atoms with E-state index in [9.17, 15) is 9.59 Å². The van der Waals surface area contributed by atoms with Gasteiger partial charge in [-0.1, -0.05) is 17.7 Å². The summed E-state index contributed by atoms with van der Waals surface area (Å²) in [5.74, 6) is -0.223. The average Bonchev–Trinajstić information content (AvgIpc) is 3.00. The van der Waals surface area contributed by atoms with Crippen LogP contribution in [0.4, 0.5) is 5.69 Å². The van der Waals surface area contributed by atoms with Crippen LogP contribution in [0, 0.1) is 13.8 Å². The summed E-state index contributed by atoms with van der Waals surface area (Å²) in [7, 11) is 3.69. The molecule has 5 nitrogen and oxygen atoms in total. The Morgan fingerprint density at radius 3 is 2.42 bits per heavy atom. The Morgan fingerprint density at radius 2 is 1.85 bits per heavy atom. The molecule has 2 aromatic rings. The fourth-order valence-corrected chi connectivity index (χ4v) is 3.67. The molecule has 6 heteroatoms. The van der Waals surface area contributed by atoms with Gasteiger partial charge in [0.1, 0.15) is 6.54 Å². The first-order valence-electron chi connectivity index (χ1n) is 8.74. The first-order chi connectivity index (χ1) is 12.3. The fourth-order valence-electron chi connectivity index (χ4n) is 2.66. The Morgan fingerprint density at radius 1 is 1.19 bits per heavy atom. The zero-order chi connectivity index (χ0) is 19.3. The van der Waals surface area contributed by atoms with Gasteiger partial charge >= 0.3 is 0 Å². The van der Waals surface area contributed by atoms with E-state index in [1.165, 1.54) is 15.3 Å². The first-order valence-corrected chi connectivity index (χ1v) is 9.62. The van der Waals surface area contributed by atoms with Crippen LogP contribution in [-0.2, 0) is 16.1 Å². The Bertz CT molecular complexity index is 755. The molecular weight excluding hydrogens is 346 g/mol. The van der Waals surface area contributed by atoms with E-state index in [-0.39, 0.29) is 24.4 Å². The van der Waals surface area contributed by atoms with Crippen molar-refractivity contribution in [3.8, 4) is 0 Å². The molecule has 140 valence electrons. The van der Waals surface area contributed by atoms with Gasteiger partial charge in [0.05, 0.1) is 18.5 Å². The lowest BCUT2D eigenvalue weighted by Crippen LogP contribution is -3.12. The van der Waals surface area contributed by atoms with Crippen molar-refractivity contribution in [3.05, 3.63) is 51.7 Å². The molecule has 0 radical (unpaired) electrons. The normalized spacial score (nSPS) is 13.1. The van der Waals surface area contributed by atoms with Crippen LogP contribution in [0.2, 0.25) is 0 Å². The summed E-state index contributed by atoms with van der Waals surface area (Å²) < 4.78 is 0. The minimum absolute atomic E-state index is 0.0317. The van der Waals surface area contributed by atoms with Gasteiger partial charge < -0.3 is 15.1 Å². The van der Waals surface area contributed by atoms with E-state index in [0.29, 0.717) is 0 Å². The number of quaternary nitrogens is 1. The van der Waals surface area contributed by atoms with Crippen LogP contribution in [-0.4, -0.2) is 43.4 Å². The number of likely N-dealkylation sites (N-methyl/N-ethyl adjacent to an activating group) is 2. The van der Waals surface area contributed by atoms with E-state index in [0.717, 1.165) is 22.7 Å². The minimum atomic E-state index is -0.214. The maximum atomic E-state index is 12.7. The van der Waals surface area contributed by atoms with Crippen LogP contribution in [0.15, 0.2) is 35.7 Å². The summed E-state index contributed by atoms with van der Waals surface area (Å²) in [6.07, 6.45) is 0. The molecule has 2 N–H and O–H groups in total. The van der Waals surface area contributed by atoms with Crippen LogP contribution < -0.4 is 10.2 Å². The number of aryl methyl sites for hydroxylation is 2. The van der Waals surface area contributed by atoms with Crippen LogP contribution in [0.25, 0.3) is 0 Å². The maximum Gasteiger partial charge on any atom is 0.280 e. The molecule has 2 rings (SSSR count). The molecule has 1 aromatic carbocycles. The minimum Gasteiger partial charge on any atom is -0.331 e. The van der Waals surface area contributed by atoms with E-state index < -0.39 is 0 Å². The molecule has 0 fully saturated rings. The highest BCUT2D eigenvalue weighted by Gasteiger charge is 2.26. The van der Waals surface area contributed by atoms with Crippen LogP contribution in [0.3, 0.4) is 0 Å². The number of carbonyl (C=O) groups excluding carboxylic acids is 2. The van der Waals surface area contributed by atoms with Gasteiger partial charge in [-0.15, -0.1) is 11.3 Å². The summed E-state index contributed by atoms with van der Waals surface area (Å²) in [5, 5.41) is 4.90. The van der Waals surface area contributed by atoms with Gasteiger partial charge in [-0.2, -0.15) is 0 Å². The molecule has 1 heterocycles. The molecule has 0 saturated heterocycles. The number of amides is 2. The number of nitrogens with one attached hydrogen (secondary N) is 2. The second kappa shape index (κ2) is 8.96. The van der Waals surface area contributed by atoms with Gasteiger partial charge in [0, 0.05) is 12.7 Å². The van der Waals surface area contributed by atoms with E-state index in [1.807, 2.05) is 45.2 Å². The third-order valence-electron chi connectivity index (χ3n) is 4.61. The number of benzene rings is 1. The van der Waals surface area contributed by atoms with Gasteiger partial charge in [-0.05, 0) is 49.9 Å². The Labute approximate surface area is 159 Å². The molecule has 0 spiro atoms. The topological polar surface area (TPSA) is 53.9 Å². The number of carbonyl (C=O) groups is 2. The average molecular weight is 375 g/mol. The number of hydrogen-bond donors (Lipinski definition) is 2. The standard InChI is InChI=1S/C20H27N3O2S/c1-14-6-8-17(9-7-14)21-19(24)13-23(5)20(25)16(3)22(4)12-18-15(2)10-11-26-18/h6-11,16H,12-13H2,1-5H3,(H,21,24)/p+1/t16-/m1/s1. The van der Waals surface area contributed by atoms with E-state index in [4.69, 9.17) is 0 Å². The predicted molar refractivity (Wildman–Crippen MR) is 107 cm³/mol. The summed E-state index contributed by atoms with van der Waals surface area (Å²) in [4.78, 5) is 28.8. The molecule has 1 aromatic heterocycles. The summed E-state index contributed by atoms with van der Waals surface area (Å²) in [5.41, 5.74) is 3.14. The first kappa shape index (κ1) is 20.1. The molecule has 0 bridgehead atoms. The van der Waals surface area contributed by atoms with Crippen LogP contribution >= 0.6 is 11.3 Å². The largest absolute Gasteiger partial charge is 0.331 e. The number of nitrogens with zero attached hydrogens (tertiary/aromatic N) is 1. The Balaban J connectivity index is 1.87. The van der Waals surface area contributed by atoms with Gasteiger partial charge in [-0.3, -0.25) is 9.59 Å². The molecule has 26 heavy (non-hydrogen) atoms. The van der Waals surface area contributed by atoms with Crippen LogP contribution in [0.5, 0.6) is 0 Å². The second-order valence-electron chi connectivity index (χ2n) is 6.88. The molecule has 2 atom stereocenters. The van der Waals surface area contributed by atoms with E-state index in [2.05, 4.69) is 23.7 Å². The van der Waals surface area contributed by atoms with Gasteiger partial charge in [0.15, 0.2) is 6.04 Å². The van der Waals surface area contributed by atoms with Crippen LogP contribution in [0.1, 0.15) is 22.9 Å². The molecule has 0 aliphatic carbocycles. The van der Waals surface area contributed by atoms with Crippen molar-refractivity contribution in [1.82, 2.24) is 4.90 Å². The SMILES string of the molecule is Cc1ccc(NC(=O)CN(C)C(=O)[C@@H](C)[NH+](C)Cc2sccc2C)cc1. The highest BCUT2D eigenvalue weighted by Crippen LogP contribution is 2.14. The van der Waals surface area contributed by atoms with Crippen molar-refractivity contribution in [2.75, 3.05) is 26.0 Å². The van der Waals surface area contributed by atoms with Gasteiger partial charge in [0.2, 0.25) is 5.91 Å². The molecule has 1 unspecified atom stereocenters. The number of anilines is 1. The highest BCUT2D eigenvalue weighted by atomic mass is 32.1. The molecule has 0 saturated carbocycles. The van der Waals surface area contributed by atoms with E-state index in [1.54, 1.807) is 18.4 Å².